The zero-order chi connectivity index (χ0) is 9.52. The average molecular weight is 182 g/mol. The third-order valence-electron chi connectivity index (χ3n) is 1.88. The highest BCUT2D eigenvalue weighted by atomic mass is 16.3. The molecule has 0 saturated carbocycles. The average Bonchev–Trinajstić information content (AvgIpc) is 2.57. The predicted octanol–water partition coefficient (Wildman–Crippen LogP) is 1.37. The first-order valence-electron chi connectivity index (χ1n) is 4.79. The maximum absolute atomic E-state index is 5.19. The maximum Gasteiger partial charge on any atom is 0.117 e. The van der Waals surface area contributed by atoms with E-state index in [1.54, 1.807) is 6.26 Å². The van der Waals surface area contributed by atoms with Crippen molar-refractivity contribution in [3.8, 4) is 0 Å². The van der Waals surface area contributed by atoms with Gasteiger partial charge in [0.05, 0.1) is 12.8 Å². The third-order valence-corrected chi connectivity index (χ3v) is 1.88. The van der Waals surface area contributed by atoms with Gasteiger partial charge >= 0.3 is 0 Å². The van der Waals surface area contributed by atoms with Gasteiger partial charge in [0.15, 0.2) is 0 Å². The van der Waals surface area contributed by atoms with E-state index >= 15 is 0 Å². The van der Waals surface area contributed by atoms with Gasteiger partial charge in [0.2, 0.25) is 0 Å². The van der Waals surface area contributed by atoms with Crippen LogP contribution in [-0.4, -0.2) is 19.1 Å². The molecule has 0 spiro atoms. The van der Waals surface area contributed by atoms with Gasteiger partial charge < -0.3 is 15.1 Å². The normalized spacial score (nSPS) is 13.1. The van der Waals surface area contributed by atoms with Crippen LogP contribution in [0, 0.1) is 0 Å². The molecule has 2 N–H and O–H groups in total. The van der Waals surface area contributed by atoms with Crippen molar-refractivity contribution in [1.29, 1.82) is 0 Å². The van der Waals surface area contributed by atoms with E-state index in [1.165, 1.54) is 0 Å². The molecule has 0 radical (unpaired) electrons. The molecule has 0 aliphatic rings. The Morgan fingerprint density at radius 1 is 1.54 bits per heavy atom. The molecule has 1 heterocycles. The van der Waals surface area contributed by atoms with Crippen LogP contribution in [0.5, 0.6) is 0 Å². The Kier molecular flexibility index (Phi) is 4.57. The molecule has 0 aliphatic carbocycles. The second-order valence-corrected chi connectivity index (χ2v) is 3.17. The minimum absolute atomic E-state index is 0.514. The summed E-state index contributed by atoms with van der Waals surface area (Å²) in [6.45, 7) is 7.07. The van der Waals surface area contributed by atoms with Crippen LogP contribution in [0.25, 0.3) is 0 Å². The highest BCUT2D eigenvalue weighted by Gasteiger charge is 1.99. The van der Waals surface area contributed by atoms with Crippen LogP contribution < -0.4 is 10.6 Å². The highest BCUT2D eigenvalue weighted by molar-refractivity contribution is 4.97. The van der Waals surface area contributed by atoms with Crippen molar-refractivity contribution in [1.82, 2.24) is 10.6 Å². The second kappa shape index (κ2) is 5.78. The predicted molar refractivity (Wildman–Crippen MR) is 53.6 cm³/mol. The largest absolute Gasteiger partial charge is 0.468 e. The van der Waals surface area contributed by atoms with Gasteiger partial charge in [0, 0.05) is 12.6 Å². The Morgan fingerprint density at radius 2 is 2.38 bits per heavy atom. The van der Waals surface area contributed by atoms with Gasteiger partial charge in [-0.25, -0.2) is 0 Å². The van der Waals surface area contributed by atoms with Crippen molar-refractivity contribution >= 4 is 0 Å². The fraction of sp³-hybridized carbons (Fsp3) is 0.600. The fourth-order valence-corrected chi connectivity index (χ4v) is 1.25. The number of furan rings is 1. The summed E-state index contributed by atoms with van der Waals surface area (Å²) >= 11 is 0. The lowest BCUT2D eigenvalue weighted by atomic mass is 10.3. The van der Waals surface area contributed by atoms with Gasteiger partial charge in [-0.05, 0) is 25.6 Å². The van der Waals surface area contributed by atoms with E-state index in [0.29, 0.717) is 6.04 Å². The summed E-state index contributed by atoms with van der Waals surface area (Å²) in [6.07, 6.45) is 1.70. The molecule has 0 bridgehead atoms. The topological polar surface area (TPSA) is 37.2 Å². The van der Waals surface area contributed by atoms with Gasteiger partial charge in [-0.1, -0.05) is 6.92 Å². The molecule has 74 valence electrons. The molecule has 3 nitrogen and oxygen atoms in total. The van der Waals surface area contributed by atoms with Crippen LogP contribution in [0.4, 0.5) is 0 Å². The fourth-order valence-electron chi connectivity index (χ4n) is 1.25. The summed E-state index contributed by atoms with van der Waals surface area (Å²) in [7, 11) is 0. The third kappa shape index (κ3) is 4.10. The Balaban J connectivity index is 2.07. The SMILES string of the molecule is CCNC(C)CNCc1ccco1. The monoisotopic (exact) mass is 182 g/mol. The van der Waals surface area contributed by atoms with Gasteiger partial charge in [-0.3, -0.25) is 0 Å². The molecule has 0 saturated heterocycles. The van der Waals surface area contributed by atoms with Crippen LogP contribution in [-0.2, 0) is 6.54 Å². The summed E-state index contributed by atoms with van der Waals surface area (Å²) in [5, 5.41) is 6.65. The Labute approximate surface area is 79.5 Å². The first kappa shape index (κ1) is 10.3. The Hall–Kier alpha value is -0.800. The molecule has 0 fully saturated rings. The number of rotatable bonds is 6. The first-order chi connectivity index (χ1) is 6.33. The van der Waals surface area contributed by atoms with Crippen molar-refractivity contribution in [2.24, 2.45) is 0 Å². The number of hydrogen-bond acceptors (Lipinski definition) is 3. The zero-order valence-electron chi connectivity index (χ0n) is 8.34. The van der Waals surface area contributed by atoms with E-state index in [4.69, 9.17) is 4.42 Å². The number of hydrogen-bond donors (Lipinski definition) is 2. The summed E-state index contributed by atoms with van der Waals surface area (Å²) < 4.78 is 5.19. The van der Waals surface area contributed by atoms with Crippen LogP contribution in [0.3, 0.4) is 0 Å². The number of likely N-dealkylation sites (N-methyl/N-ethyl adjacent to an activating group) is 1. The Morgan fingerprint density at radius 3 is 3.00 bits per heavy atom. The molecule has 1 unspecified atom stereocenters. The van der Waals surface area contributed by atoms with Crippen molar-refractivity contribution in [3.05, 3.63) is 24.2 Å². The summed E-state index contributed by atoms with van der Waals surface area (Å²) in [5.41, 5.74) is 0. The standard InChI is InChI=1S/C10H18N2O/c1-3-12-9(2)7-11-8-10-5-4-6-13-10/h4-6,9,11-12H,3,7-8H2,1-2H3. The molecule has 13 heavy (non-hydrogen) atoms. The first-order valence-corrected chi connectivity index (χ1v) is 4.79. The number of nitrogens with one attached hydrogen (secondary N) is 2. The van der Waals surface area contributed by atoms with Crippen LogP contribution in [0.1, 0.15) is 19.6 Å². The zero-order valence-corrected chi connectivity index (χ0v) is 8.34. The summed E-state index contributed by atoms with van der Waals surface area (Å²) in [4.78, 5) is 0. The maximum atomic E-state index is 5.19. The molecule has 1 aromatic heterocycles. The summed E-state index contributed by atoms with van der Waals surface area (Å²) in [5.74, 6) is 0.990. The van der Waals surface area contributed by atoms with Crippen molar-refractivity contribution in [3.63, 3.8) is 0 Å². The smallest absolute Gasteiger partial charge is 0.117 e. The van der Waals surface area contributed by atoms with E-state index in [9.17, 15) is 0 Å². The molecule has 0 aromatic carbocycles. The molecular formula is C10H18N2O. The minimum atomic E-state index is 0.514. The van der Waals surface area contributed by atoms with E-state index in [-0.39, 0.29) is 0 Å². The van der Waals surface area contributed by atoms with E-state index in [1.807, 2.05) is 12.1 Å². The van der Waals surface area contributed by atoms with E-state index < -0.39 is 0 Å². The van der Waals surface area contributed by atoms with Crippen LogP contribution in [0.15, 0.2) is 22.8 Å². The van der Waals surface area contributed by atoms with Crippen molar-refractivity contribution < 1.29 is 4.42 Å². The lowest BCUT2D eigenvalue weighted by Gasteiger charge is -2.12. The molecular weight excluding hydrogens is 164 g/mol. The van der Waals surface area contributed by atoms with Crippen LogP contribution >= 0.6 is 0 Å². The lowest BCUT2D eigenvalue weighted by molar-refractivity contribution is 0.458. The molecule has 1 aromatic rings. The lowest BCUT2D eigenvalue weighted by Crippen LogP contribution is -2.35. The van der Waals surface area contributed by atoms with Crippen molar-refractivity contribution in [2.45, 2.75) is 26.4 Å². The van der Waals surface area contributed by atoms with Gasteiger partial charge in [0.25, 0.3) is 0 Å². The van der Waals surface area contributed by atoms with Crippen LogP contribution in [0.2, 0.25) is 0 Å². The summed E-state index contributed by atoms with van der Waals surface area (Å²) in [6, 6.07) is 4.40. The van der Waals surface area contributed by atoms with E-state index in [0.717, 1.165) is 25.4 Å². The quantitative estimate of drug-likeness (QED) is 0.697. The highest BCUT2D eigenvalue weighted by Crippen LogP contribution is 1.98. The van der Waals surface area contributed by atoms with Gasteiger partial charge in [-0.15, -0.1) is 0 Å². The van der Waals surface area contributed by atoms with Crippen molar-refractivity contribution in [2.75, 3.05) is 13.1 Å². The van der Waals surface area contributed by atoms with Gasteiger partial charge in [-0.2, -0.15) is 0 Å². The van der Waals surface area contributed by atoms with Gasteiger partial charge in [0.1, 0.15) is 5.76 Å². The second-order valence-electron chi connectivity index (χ2n) is 3.17. The van der Waals surface area contributed by atoms with E-state index in [2.05, 4.69) is 24.5 Å². The minimum Gasteiger partial charge on any atom is -0.468 e. The molecule has 0 aliphatic heterocycles. The molecule has 0 amide bonds. The molecule has 1 atom stereocenters. The molecule has 1 rings (SSSR count). The molecule has 3 heteroatoms. The Bertz CT molecular complexity index is 209.